The highest BCUT2D eigenvalue weighted by atomic mass is 79.9. The maximum Gasteiger partial charge on any atom is 0.155 e. The van der Waals surface area contributed by atoms with Gasteiger partial charge >= 0.3 is 0 Å². The molecule has 4 nitrogen and oxygen atoms in total. The molecule has 1 aromatic heterocycles. The summed E-state index contributed by atoms with van der Waals surface area (Å²) in [5.74, 6) is 0.647. The van der Waals surface area contributed by atoms with Crippen molar-refractivity contribution in [2.75, 3.05) is 0 Å². The lowest BCUT2D eigenvalue weighted by atomic mass is 10.0. The number of hydrogen-bond donors (Lipinski definition) is 1. The van der Waals surface area contributed by atoms with E-state index in [0.29, 0.717) is 10.9 Å². The molecule has 1 aliphatic heterocycles. The zero-order valence-electron chi connectivity index (χ0n) is 12.9. The van der Waals surface area contributed by atoms with Gasteiger partial charge in [0.15, 0.2) is 5.84 Å². The Hall–Kier alpha value is -2.50. The van der Waals surface area contributed by atoms with Gasteiger partial charge in [0.25, 0.3) is 0 Å². The first-order chi connectivity index (χ1) is 12.2. The summed E-state index contributed by atoms with van der Waals surface area (Å²) >= 11 is 9.70. The first-order valence-corrected chi connectivity index (χ1v) is 8.76. The molecular formula is C19H12BrClN4. The number of halogens is 2. The summed E-state index contributed by atoms with van der Waals surface area (Å²) in [6, 6.07) is 17.4. The molecule has 0 spiro atoms. The number of nitrogens with zero attached hydrogens (tertiary/aromatic N) is 3. The number of amidine groups is 1. The number of pyridine rings is 1. The van der Waals surface area contributed by atoms with Crippen LogP contribution in [0.4, 0.5) is 5.69 Å². The SMILES string of the molecule is Clc1cccc(C2=NNC(c3cccnc3)=Nc3ccc(Br)cc32)c1. The minimum atomic E-state index is 0.647. The zero-order valence-corrected chi connectivity index (χ0v) is 15.3. The van der Waals surface area contributed by atoms with Gasteiger partial charge in [0.2, 0.25) is 0 Å². The van der Waals surface area contributed by atoms with E-state index in [2.05, 4.69) is 31.4 Å². The molecule has 0 saturated heterocycles. The Morgan fingerprint density at radius 1 is 0.960 bits per heavy atom. The van der Waals surface area contributed by atoms with Gasteiger partial charge in [0.1, 0.15) is 5.71 Å². The first-order valence-electron chi connectivity index (χ1n) is 7.59. The summed E-state index contributed by atoms with van der Waals surface area (Å²) in [7, 11) is 0. The lowest BCUT2D eigenvalue weighted by Crippen LogP contribution is -2.19. The zero-order chi connectivity index (χ0) is 17.2. The molecule has 0 saturated carbocycles. The largest absolute Gasteiger partial charge is 0.264 e. The minimum Gasteiger partial charge on any atom is -0.264 e. The Kier molecular flexibility index (Phi) is 4.34. The first kappa shape index (κ1) is 16.0. The van der Waals surface area contributed by atoms with Crippen LogP contribution in [0.15, 0.2) is 81.6 Å². The third kappa shape index (κ3) is 3.34. The lowest BCUT2D eigenvalue weighted by Gasteiger charge is -2.08. The van der Waals surface area contributed by atoms with Crippen molar-refractivity contribution in [1.82, 2.24) is 10.4 Å². The van der Waals surface area contributed by atoms with E-state index < -0.39 is 0 Å². The summed E-state index contributed by atoms with van der Waals surface area (Å²) in [4.78, 5) is 8.90. The van der Waals surface area contributed by atoms with Crippen molar-refractivity contribution in [3.05, 3.63) is 93.2 Å². The van der Waals surface area contributed by atoms with Crippen LogP contribution in [0.5, 0.6) is 0 Å². The minimum absolute atomic E-state index is 0.647. The highest BCUT2D eigenvalue weighted by Gasteiger charge is 2.17. The quantitative estimate of drug-likeness (QED) is 0.650. The van der Waals surface area contributed by atoms with E-state index in [1.807, 2.05) is 54.6 Å². The van der Waals surface area contributed by atoms with Gasteiger partial charge in [-0.3, -0.25) is 10.4 Å². The molecule has 0 amide bonds. The molecule has 0 bridgehead atoms. The third-order valence-electron chi connectivity index (χ3n) is 3.75. The van der Waals surface area contributed by atoms with Gasteiger partial charge < -0.3 is 0 Å². The Balaban J connectivity index is 1.89. The number of aromatic nitrogens is 1. The van der Waals surface area contributed by atoms with Crippen LogP contribution in [-0.2, 0) is 0 Å². The highest BCUT2D eigenvalue weighted by Crippen LogP contribution is 2.29. The standard InChI is InChI=1S/C19H12BrClN4/c20-14-6-7-17-16(10-14)18(12-3-1-5-15(21)9-12)24-25-19(23-17)13-4-2-8-22-11-13/h1-11H,(H,23,25). The van der Waals surface area contributed by atoms with Crippen LogP contribution in [0, 0.1) is 0 Å². The predicted octanol–water partition coefficient (Wildman–Crippen LogP) is 4.93. The molecule has 0 radical (unpaired) electrons. The van der Waals surface area contributed by atoms with Gasteiger partial charge in [0.05, 0.1) is 5.69 Å². The molecule has 2 aromatic carbocycles. The van der Waals surface area contributed by atoms with Crippen LogP contribution in [0.3, 0.4) is 0 Å². The Morgan fingerprint density at radius 2 is 1.84 bits per heavy atom. The molecule has 0 fully saturated rings. The number of benzene rings is 2. The molecule has 0 atom stereocenters. The number of fused-ring (bicyclic) bond motifs is 1. The van der Waals surface area contributed by atoms with Crippen molar-refractivity contribution in [2.24, 2.45) is 10.1 Å². The topological polar surface area (TPSA) is 49.6 Å². The van der Waals surface area contributed by atoms with E-state index in [9.17, 15) is 0 Å². The van der Waals surface area contributed by atoms with E-state index in [4.69, 9.17) is 16.6 Å². The fraction of sp³-hybridized carbons (Fsp3) is 0. The van der Waals surface area contributed by atoms with Gasteiger partial charge in [-0.2, -0.15) is 5.10 Å². The van der Waals surface area contributed by atoms with Crippen LogP contribution in [-0.4, -0.2) is 16.5 Å². The van der Waals surface area contributed by atoms with Gasteiger partial charge in [-0.25, -0.2) is 4.99 Å². The van der Waals surface area contributed by atoms with E-state index in [-0.39, 0.29) is 0 Å². The molecule has 0 aliphatic carbocycles. The summed E-state index contributed by atoms with van der Waals surface area (Å²) in [6.45, 7) is 0. The molecular weight excluding hydrogens is 400 g/mol. The molecule has 6 heteroatoms. The van der Waals surface area contributed by atoms with Gasteiger partial charge in [0, 0.05) is 38.6 Å². The van der Waals surface area contributed by atoms with Gasteiger partial charge in [-0.15, -0.1) is 0 Å². The monoisotopic (exact) mass is 410 g/mol. The average molecular weight is 412 g/mol. The third-order valence-corrected chi connectivity index (χ3v) is 4.48. The van der Waals surface area contributed by atoms with Crippen LogP contribution in [0.25, 0.3) is 0 Å². The fourth-order valence-electron chi connectivity index (χ4n) is 2.60. The smallest absolute Gasteiger partial charge is 0.155 e. The second-order valence-corrected chi connectivity index (χ2v) is 6.80. The number of hydrogen-bond acceptors (Lipinski definition) is 4. The van der Waals surface area contributed by atoms with Gasteiger partial charge in [-0.1, -0.05) is 39.7 Å². The number of nitrogens with one attached hydrogen (secondary N) is 1. The Labute approximate surface area is 158 Å². The number of rotatable bonds is 2. The Bertz CT molecular complexity index is 999. The lowest BCUT2D eigenvalue weighted by molar-refractivity contribution is 1.03. The molecule has 1 N–H and O–H groups in total. The molecule has 25 heavy (non-hydrogen) atoms. The Morgan fingerprint density at radius 3 is 2.64 bits per heavy atom. The van der Waals surface area contributed by atoms with E-state index in [0.717, 1.165) is 32.6 Å². The fourth-order valence-corrected chi connectivity index (χ4v) is 3.15. The van der Waals surface area contributed by atoms with Crippen LogP contribution in [0.2, 0.25) is 5.02 Å². The molecule has 0 unspecified atom stereocenters. The second-order valence-electron chi connectivity index (χ2n) is 5.45. The highest BCUT2D eigenvalue weighted by molar-refractivity contribution is 9.10. The van der Waals surface area contributed by atoms with E-state index in [1.54, 1.807) is 12.4 Å². The maximum absolute atomic E-state index is 6.17. The molecule has 3 aromatic rings. The molecule has 122 valence electrons. The van der Waals surface area contributed by atoms with Crippen LogP contribution < -0.4 is 5.43 Å². The van der Waals surface area contributed by atoms with Crippen LogP contribution in [0.1, 0.15) is 16.7 Å². The second kappa shape index (κ2) is 6.78. The van der Waals surface area contributed by atoms with E-state index in [1.165, 1.54) is 0 Å². The van der Waals surface area contributed by atoms with Crippen molar-refractivity contribution < 1.29 is 0 Å². The van der Waals surface area contributed by atoms with E-state index >= 15 is 0 Å². The molecule has 1 aliphatic rings. The number of aliphatic imine (C=N–C) groups is 1. The predicted molar refractivity (Wildman–Crippen MR) is 105 cm³/mol. The maximum atomic E-state index is 6.17. The summed E-state index contributed by atoms with van der Waals surface area (Å²) < 4.78 is 0.959. The summed E-state index contributed by atoms with van der Waals surface area (Å²) in [5, 5.41) is 5.26. The summed E-state index contributed by atoms with van der Waals surface area (Å²) in [5.41, 5.74) is 7.38. The summed E-state index contributed by atoms with van der Waals surface area (Å²) in [6.07, 6.45) is 3.48. The van der Waals surface area contributed by atoms with Crippen molar-refractivity contribution in [3.8, 4) is 0 Å². The average Bonchev–Trinajstić information content (AvgIpc) is 2.82. The van der Waals surface area contributed by atoms with Crippen molar-refractivity contribution in [3.63, 3.8) is 0 Å². The van der Waals surface area contributed by atoms with Crippen molar-refractivity contribution in [2.45, 2.75) is 0 Å². The molecule has 2 heterocycles. The van der Waals surface area contributed by atoms with Crippen molar-refractivity contribution in [1.29, 1.82) is 0 Å². The van der Waals surface area contributed by atoms with Crippen molar-refractivity contribution >= 4 is 44.8 Å². The van der Waals surface area contributed by atoms with Gasteiger partial charge in [-0.05, 0) is 42.5 Å². The number of hydrazone groups is 1. The normalized spacial score (nSPS) is 13.2. The van der Waals surface area contributed by atoms with Crippen LogP contribution >= 0.6 is 27.5 Å². The molecule has 4 rings (SSSR count).